The molecular weight excluding hydrogens is 380 g/mol. The third kappa shape index (κ3) is 4.44. The summed E-state index contributed by atoms with van der Waals surface area (Å²) in [5.74, 6) is -0.478. The lowest BCUT2D eigenvalue weighted by Crippen LogP contribution is -2.55. The SMILES string of the molecule is O=C(O)CC1C(=O)NCCN1Cc1c(OCc2ccccc2)ccc2ccccc12. The van der Waals surface area contributed by atoms with Gasteiger partial charge in [-0.15, -0.1) is 0 Å². The molecule has 0 spiro atoms. The first-order valence-corrected chi connectivity index (χ1v) is 10.0. The van der Waals surface area contributed by atoms with Crippen LogP contribution < -0.4 is 10.1 Å². The highest BCUT2D eigenvalue weighted by Gasteiger charge is 2.32. The fourth-order valence-corrected chi connectivity index (χ4v) is 3.89. The second kappa shape index (κ2) is 8.97. The van der Waals surface area contributed by atoms with Crippen molar-refractivity contribution in [3.63, 3.8) is 0 Å². The fourth-order valence-electron chi connectivity index (χ4n) is 3.89. The maximum absolute atomic E-state index is 12.3. The minimum Gasteiger partial charge on any atom is -0.489 e. The number of ether oxygens (including phenoxy) is 1. The number of hydrogen-bond acceptors (Lipinski definition) is 4. The van der Waals surface area contributed by atoms with E-state index in [1.807, 2.05) is 71.6 Å². The second-order valence-corrected chi connectivity index (χ2v) is 7.41. The normalized spacial score (nSPS) is 16.9. The third-order valence-corrected chi connectivity index (χ3v) is 5.41. The van der Waals surface area contributed by atoms with Crippen LogP contribution in [0.15, 0.2) is 66.7 Å². The third-order valence-electron chi connectivity index (χ3n) is 5.41. The first kappa shape index (κ1) is 19.9. The van der Waals surface area contributed by atoms with Gasteiger partial charge in [0.15, 0.2) is 0 Å². The predicted octanol–water partition coefficient (Wildman–Crippen LogP) is 3.19. The number of carboxylic acid groups (broad SMARTS) is 1. The molecule has 1 aliphatic heterocycles. The van der Waals surface area contributed by atoms with E-state index in [0.717, 1.165) is 27.6 Å². The van der Waals surface area contributed by atoms with Gasteiger partial charge in [-0.2, -0.15) is 0 Å². The van der Waals surface area contributed by atoms with Gasteiger partial charge in [0.1, 0.15) is 18.4 Å². The van der Waals surface area contributed by atoms with Gasteiger partial charge < -0.3 is 15.2 Å². The molecule has 1 unspecified atom stereocenters. The molecule has 0 bridgehead atoms. The van der Waals surface area contributed by atoms with Crippen LogP contribution in [0, 0.1) is 0 Å². The zero-order chi connectivity index (χ0) is 20.9. The van der Waals surface area contributed by atoms with Crippen LogP contribution >= 0.6 is 0 Å². The highest BCUT2D eigenvalue weighted by molar-refractivity contribution is 5.89. The van der Waals surface area contributed by atoms with E-state index in [1.54, 1.807) is 0 Å². The molecule has 3 aromatic rings. The van der Waals surface area contributed by atoms with Crippen molar-refractivity contribution in [1.82, 2.24) is 10.2 Å². The molecule has 6 heteroatoms. The second-order valence-electron chi connectivity index (χ2n) is 7.41. The molecule has 0 aromatic heterocycles. The number of nitrogens with one attached hydrogen (secondary N) is 1. The topological polar surface area (TPSA) is 78.9 Å². The van der Waals surface area contributed by atoms with Crippen LogP contribution in [-0.2, 0) is 22.7 Å². The van der Waals surface area contributed by atoms with Crippen LogP contribution in [0.5, 0.6) is 5.75 Å². The molecule has 4 rings (SSSR count). The van der Waals surface area contributed by atoms with Gasteiger partial charge in [0.25, 0.3) is 0 Å². The van der Waals surface area contributed by atoms with Crippen molar-refractivity contribution in [1.29, 1.82) is 0 Å². The maximum Gasteiger partial charge on any atom is 0.305 e. The summed E-state index contributed by atoms with van der Waals surface area (Å²) in [6.07, 6.45) is -0.225. The van der Waals surface area contributed by atoms with Gasteiger partial charge in [-0.05, 0) is 22.4 Å². The standard InChI is InChI=1S/C24H24N2O4/c27-23(28)14-21-24(29)25-12-13-26(21)15-20-19-9-5-4-8-18(19)10-11-22(20)30-16-17-6-2-1-3-7-17/h1-11,21H,12-16H2,(H,25,29)(H,27,28). The number of piperazine rings is 1. The lowest BCUT2D eigenvalue weighted by atomic mass is 10.0. The Balaban J connectivity index is 1.66. The average Bonchev–Trinajstić information content (AvgIpc) is 2.76. The number of fused-ring (bicyclic) bond motifs is 1. The number of aliphatic carboxylic acids is 1. The average molecular weight is 404 g/mol. The Morgan fingerprint density at radius 1 is 1.07 bits per heavy atom. The summed E-state index contributed by atoms with van der Waals surface area (Å²) >= 11 is 0. The monoisotopic (exact) mass is 404 g/mol. The van der Waals surface area contributed by atoms with Gasteiger partial charge in [0.2, 0.25) is 5.91 Å². The fraction of sp³-hybridized carbons (Fsp3) is 0.250. The smallest absolute Gasteiger partial charge is 0.305 e. The molecule has 0 saturated carbocycles. The summed E-state index contributed by atoms with van der Waals surface area (Å²) in [6, 6.07) is 21.3. The molecule has 1 heterocycles. The highest BCUT2D eigenvalue weighted by Crippen LogP contribution is 2.31. The predicted molar refractivity (Wildman–Crippen MR) is 114 cm³/mol. The van der Waals surface area contributed by atoms with Gasteiger partial charge >= 0.3 is 5.97 Å². The van der Waals surface area contributed by atoms with E-state index in [0.29, 0.717) is 26.2 Å². The number of rotatable bonds is 7. The van der Waals surface area contributed by atoms with Crippen molar-refractivity contribution in [3.8, 4) is 5.75 Å². The van der Waals surface area contributed by atoms with Crippen LogP contribution in [-0.4, -0.2) is 41.0 Å². The Hall–Kier alpha value is -3.38. The van der Waals surface area contributed by atoms with Crippen molar-refractivity contribution in [2.45, 2.75) is 25.6 Å². The number of carboxylic acids is 1. The summed E-state index contributed by atoms with van der Waals surface area (Å²) in [4.78, 5) is 25.6. The molecule has 1 saturated heterocycles. The van der Waals surface area contributed by atoms with Crippen molar-refractivity contribution in [3.05, 3.63) is 77.9 Å². The molecule has 3 aromatic carbocycles. The molecule has 0 aliphatic carbocycles. The summed E-state index contributed by atoms with van der Waals surface area (Å²) in [5, 5.41) is 14.2. The van der Waals surface area contributed by atoms with Gasteiger partial charge in [-0.25, -0.2) is 0 Å². The van der Waals surface area contributed by atoms with Crippen LogP contribution in [0.1, 0.15) is 17.5 Å². The van der Waals surface area contributed by atoms with E-state index >= 15 is 0 Å². The van der Waals surface area contributed by atoms with E-state index in [9.17, 15) is 14.7 Å². The molecule has 6 nitrogen and oxygen atoms in total. The van der Waals surface area contributed by atoms with Crippen molar-refractivity contribution < 1.29 is 19.4 Å². The van der Waals surface area contributed by atoms with Crippen LogP contribution in [0.2, 0.25) is 0 Å². The van der Waals surface area contributed by atoms with Gasteiger partial charge in [0.05, 0.1) is 6.42 Å². The molecule has 1 amide bonds. The van der Waals surface area contributed by atoms with Gasteiger partial charge in [-0.1, -0.05) is 60.7 Å². The Bertz CT molecular complexity index is 1050. The molecule has 30 heavy (non-hydrogen) atoms. The molecule has 0 radical (unpaired) electrons. The van der Waals surface area contributed by atoms with Crippen LogP contribution in [0.25, 0.3) is 10.8 Å². The lowest BCUT2D eigenvalue weighted by molar-refractivity contribution is -0.143. The Morgan fingerprint density at radius 2 is 1.83 bits per heavy atom. The minimum absolute atomic E-state index is 0.225. The van der Waals surface area contributed by atoms with Crippen LogP contribution in [0.4, 0.5) is 0 Å². The van der Waals surface area contributed by atoms with Crippen molar-refractivity contribution >= 4 is 22.6 Å². The first-order valence-electron chi connectivity index (χ1n) is 10.0. The largest absolute Gasteiger partial charge is 0.489 e. The summed E-state index contributed by atoms with van der Waals surface area (Å²) < 4.78 is 6.17. The number of amides is 1. The quantitative estimate of drug-likeness (QED) is 0.632. The molecule has 154 valence electrons. The Morgan fingerprint density at radius 3 is 2.63 bits per heavy atom. The Labute approximate surface area is 175 Å². The first-order chi connectivity index (χ1) is 14.6. The zero-order valence-corrected chi connectivity index (χ0v) is 16.6. The number of carbonyl (C=O) groups is 2. The molecule has 2 N–H and O–H groups in total. The minimum atomic E-state index is -0.986. The zero-order valence-electron chi connectivity index (χ0n) is 16.6. The summed E-state index contributed by atoms with van der Waals surface area (Å²) in [6.45, 7) is 1.97. The van der Waals surface area contributed by atoms with E-state index in [-0.39, 0.29) is 12.3 Å². The van der Waals surface area contributed by atoms with Gasteiger partial charge in [0, 0.05) is 25.2 Å². The van der Waals surface area contributed by atoms with E-state index < -0.39 is 12.0 Å². The number of nitrogens with zero attached hydrogens (tertiary/aromatic N) is 1. The van der Waals surface area contributed by atoms with E-state index in [1.165, 1.54) is 0 Å². The Kier molecular flexibility index (Phi) is 5.95. The summed E-state index contributed by atoms with van der Waals surface area (Å²) in [7, 11) is 0. The molecule has 1 atom stereocenters. The molecular formula is C24H24N2O4. The maximum atomic E-state index is 12.3. The number of carbonyl (C=O) groups excluding carboxylic acids is 1. The molecule has 1 aliphatic rings. The van der Waals surface area contributed by atoms with Crippen molar-refractivity contribution in [2.75, 3.05) is 13.1 Å². The highest BCUT2D eigenvalue weighted by atomic mass is 16.5. The summed E-state index contributed by atoms with van der Waals surface area (Å²) in [5.41, 5.74) is 2.03. The van der Waals surface area contributed by atoms with E-state index in [4.69, 9.17) is 4.74 Å². The van der Waals surface area contributed by atoms with Crippen LogP contribution in [0.3, 0.4) is 0 Å². The number of benzene rings is 3. The van der Waals surface area contributed by atoms with Gasteiger partial charge in [-0.3, -0.25) is 14.5 Å². The van der Waals surface area contributed by atoms with E-state index in [2.05, 4.69) is 5.32 Å². The van der Waals surface area contributed by atoms with Crippen molar-refractivity contribution in [2.24, 2.45) is 0 Å². The molecule has 1 fully saturated rings. The lowest BCUT2D eigenvalue weighted by Gasteiger charge is -2.34. The number of hydrogen-bond donors (Lipinski definition) is 2.